The van der Waals surface area contributed by atoms with Gasteiger partial charge in [0.25, 0.3) is 5.76 Å². The zero-order valence-electron chi connectivity index (χ0n) is 7.68. The van der Waals surface area contributed by atoms with Crippen molar-refractivity contribution in [3.63, 3.8) is 0 Å². The van der Waals surface area contributed by atoms with Crippen LogP contribution >= 0.6 is 11.8 Å². The zero-order chi connectivity index (χ0) is 11.3. The van der Waals surface area contributed by atoms with E-state index < -0.39 is 12.9 Å². The topological polar surface area (TPSA) is 40.5 Å². The molecule has 0 aliphatic carbocycles. The van der Waals surface area contributed by atoms with E-state index in [0.717, 1.165) is 5.56 Å². The predicted molar refractivity (Wildman–Crippen MR) is 57.5 cm³/mol. The van der Waals surface area contributed by atoms with Gasteiger partial charge in [-0.2, -0.15) is 8.78 Å². The highest BCUT2D eigenvalue weighted by Gasteiger charge is 2.04. The van der Waals surface area contributed by atoms with Crippen LogP contribution in [-0.4, -0.2) is 22.9 Å². The molecular formula is C9H9BF2O2S. The second-order valence-corrected chi connectivity index (χ2v) is 3.78. The van der Waals surface area contributed by atoms with E-state index in [4.69, 9.17) is 10.0 Å². The smallest absolute Gasteiger partial charge is 0.424 e. The minimum atomic E-state index is -2.43. The highest BCUT2D eigenvalue weighted by molar-refractivity contribution is 7.99. The van der Waals surface area contributed by atoms with E-state index in [2.05, 4.69) is 0 Å². The maximum Gasteiger partial charge on any atom is 0.480 e. The molecular weight excluding hydrogens is 221 g/mol. The Morgan fingerprint density at radius 3 is 2.27 bits per heavy atom. The van der Waals surface area contributed by atoms with Gasteiger partial charge < -0.3 is 10.0 Å². The van der Waals surface area contributed by atoms with Crippen molar-refractivity contribution >= 4 is 25.0 Å². The van der Waals surface area contributed by atoms with E-state index in [0.29, 0.717) is 16.7 Å². The van der Waals surface area contributed by atoms with Gasteiger partial charge in [0, 0.05) is 4.90 Å². The summed E-state index contributed by atoms with van der Waals surface area (Å²) < 4.78 is 23.9. The Bertz CT molecular complexity index is 327. The van der Waals surface area contributed by atoms with Crippen molar-refractivity contribution in [2.45, 2.75) is 10.7 Å². The minimum Gasteiger partial charge on any atom is -0.424 e. The van der Waals surface area contributed by atoms with Crippen molar-refractivity contribution in [2.24, 2.45) is 0 Å². The van der Waals surface area contributed by atoms with Crippen LogP contribution in [-0.2, 0) is 0 Å². The Kier molecular flexibility index (Phi) is 4.81. The van der Waals surface area contributed by atoms with Gasteiger partial charge in [0.2, 0.25) is 0 Å². The lowest BCUT2D eigenvalue weighted by Gasteiger charge is -2.00. The molecule has 2 N–H and O–H groups in total. The molecule has 80 valence electrons. The largest absolute Gasteiger partial charge is 0.480 e. The fourth-order valence-electron chi connectivity index (χ4n) is 0.958. The summed E-state index contributed by atoms with van der Waals surface area (Å²) in [5.41, 5.74) is 0.724. The van der Waals surface area contributed by atoms with Crippen molar-refractivity contribution < 1.29 is 18.8 Å². The molecule has 1 rings (SSSR count). The van der Waals surface area contributed by atoms with Gasteiger partial charge in [0.1, 0.15) is 0 Å². The maximum absolute atomic E-state index is 12.0. The fourth-order valence-corrected chi connectivity index (χ4v) is 1.46. The molecule has 1 aromatic carbocycles. The van der Waals surface area contributed by atoms with E-state index in [9.17, 15) is 8.78 Å². The zero-order valence-corrected chi connectivity index (χ0v) is 8.49. The molecule has 0 spiro atoms. The monoisotopic (exact) mass is 230 g/mol. The van der Waals surface area contributed by atoms with Crippen LogP contribution in [0.4, 0.5) is 8.78 Å². The Morgan fingerprint density at radius 2 is 1.80 bits per heavy atom. The van der Waals surface area contributed by atoms with Gasteiger partial charge in [-0.1, -0.05) is 35.9 Å². The van der Waals surface area contributed by atoms with E-state index in [1.54, 1.807) is 24.3 Å². The third-order valence-corrected chi connectivity index (χ3v) is 2.29. The van der Waals surface area contributed by atoms with E-state index in [1.165, 1.54) is 12.1 Å². The maximum atomic E-state index is 12.0. The second-order valence-electron chi connectivity index (χ2n) is 2.72. The van der Waals surface area contributed by atoms with Crippen LogP contribution in [0, 0.1) is 0 Å². The molecule has 0 radical (unpaired) electrons. The highest BCUT2D eigenvalue weighted by Crippen LogP contribution is 2.25. The van der Waals surface area contributed by atoms with Gasteiger partial charge in [-0.05, 0) is 17.7 Å². The van der Waals surface area contributed by atoms with E-state index in [1.807, 2.05) is 0 Å². The lowest BCUT2D eigenvalue weighted by Crippen LogP contribution is -2.05. The Morgan fingerprint density at radius 1 is 1.20 bits per heavy atom. The van der Waals surface area contributed by atoms with Crippen LogP contribution in [0.25, 0.3) is 6.08 Å². The SMILES string of the molecule is OB(O)/C=C/c1ccc(SC(F)F)cc1. The minimum absolute atomic E-state index is 0.475. The summed E-state index contributed by atoms with van der Waals surface area (Å²) in [6, 6.07) is 6.37. The molecule has 1 aromatic rings. The molecule has 0 bridgehead atoms. The average molecular weight is 230 g/mol. The number of thioether (sulfide) groups is 1. The third kappa shape index (κ3) is 4.97. The van der Waals surface area contributed by atoms with Crippen molar-refractivity contribution in [1.29, 1.82) is 0 Å². The van der Waals surface area contributed by atoms with Gasteiger partial charge in [0.15, 0.2) is 0 Å². The molecule has 0 saturated heterocycles. The van der Waals surface area contributed by atoms with Crippen molar-refractivity contribution in [3.05, 3.63) is 35.8 Å². The molecule has 0 fully saturated rings. The first-order valence-electron chi connectivity index (χ1n) is 4.17. The number of halogens is 2. The van der Waals surface area contributed by atoms with Gasteiger partial charge >= 0.3 is 7.12 Å². The molecule has 0 amide bonds. The first kappa shape index (κ1) is 12.2. The number of hydrogen-bond acceptors (Lipinski definition) is 3. The molecule has 0 aromatic heterocycles. The summed E-state index contributed by atoms with van der Waals surface area (Å²) in [4.78, 5) is 0.478. The highest BCUT2D eigenvalue weighted by atomic mass is 32.2. The summed E-state index contributed by atoms with van der Waals surface area (Å²) in [5.74, 6) is -1.24. The van der Waals surface area contributed by atoms with Gasteiger partial charge in [0.05, 0.1) is 0 Å². The lowest BCUT2D eigenvalue weighted by molar-refractivity contribution is 0.252. The molecule has 0 heterocycles. The molecule has 2 nitrogen and oxygen atoms in total. The molecule has 0 unspecified atom stereocenters. The normalized spacial score (nSPS) is 11.3. The predicted octanol–water partition coefficient (Wildman–Crippen LogP) is 2.03. The van der Waals surface area contributed by atoms with Gasteiger partial charge in [-0.3, -0.25) is 0 Å². The Hall–Kier alpha value is -0.845. The van der Waals surface area contributed by atoms with Crippen molar-refractivity contribution in [1.82, 2.24) is 0 Å². The van der Waals surface area contributed by atoms with Crippen LogP contribution in [0.3, 0.4) is 0 Å². The number of alkyl halides is 2. The molecule has 0 aliphatic rings. The fraction of sp³-hybridized carbons (Fsp3) is 0.111. The summed E-state index contributed by atoms with van der Waals surface area (Å²) in [7, 11) is -1.50. The average Bonchev–Trinajstić information content (AvgIpc) is 2.16. The quantitative estimate of drug-likeness (QED) is 0.614. The summed E-state index contributed by atoms with van der Waals surface area (Å²) in [6.45, 7) is 0. The second kappa shape index (κ2) is 5.90. The number of hydrogen-bond donors (Lipinski definition) is 2. The van der Waals surface area contributed by atoms with Crippen LogP contribution in [0.1, 0.15) is 5.56 Å². The van der Waals surface area contributed by atoms with Gasteiger partial charge in [-0.15, -0.1) is 0 Å². The standard InChI is InChI=1S/C9H9BF2O2S/c11-9(12)15-8-3-1-7(2-4-8)5-6-10(13)14/h1-6,9,13-14H/b6-5+. The van der Waals surface area contributed by atoms with Crippen LogP contribution < -0.4 is 0 Å². The number of rotatable bonds is 4. The molecule has 6 heteroatoms. The van der Waals surface area contributed by atoms with Crippen LogP contribution in [0.2, 0.25) is 0 Å². The first-order chi connectivity index (χ1) is 7.08. The third-order valence-electron chi connectivity index (χ3n) is 1.57. The van der Waals surface area contributed by atoms with E-state index in [-0.39, 0.29) is 0 Å². The van der Waals surface area contributed by atoms with Crippen molar-refractivity contribution in [2.75, 3.05) is 0 Å². The lowest BCUT2D eigenvalue weighted by atomic mass is 9.91. The molecule has 15 heavy (non-hydrogen) atoms. The van der Waals surface area contributed by atoms with Crippen molar-refractivity contribution in [3.8, 4) is 0 Å². The Balaban J connectivity index is 2.64. The molecule has 0 saturated carbocycles. The summed E-state index contributed by atoms with van der Waals surface area (Å²) in [6.07, 6.45) is 1.50. The van der Waals surface area contributed by atoms with E-state index >= 15 is 0 Å². The van der Waals surface area contributed by atoms with Crippen LogP contribution in [0.15, 0.2) is 35.1 Å². The first-order valence-corrected chi connectivity index (χ1v) is 5.05. The molecule has 0 aliphatic heterocycles. The van der Waals surface area contributed by atoms with Gasteiger partial charge in [-0.25, -0.2) is 0 Å². The summed E-state index contributed by atoms with van der Waals surface area (Å²) in [5, 5.41) is 17.1. The number of benzene rings is 1. The Labute approximate surface area is 90.8 Å². The molecule has 0 atom stereocenters. The van der Waals surface area contributed by atoms with Crippen LogP contribution in [0.5, 0.6) is 0 Å². The summed E-state index contributed by atoms with van der Waals surface area (Å²) >= 11 is 0.475.